The van der Waals surface area contributed by atoms with Gasteiger partial charge in [0.05, 0.1) is 11.3 Å². The Morgan fingerprint density at radius 2 is 2.02 bits per heavy atom. The third-order valence-corrected chi connectivity index (χ3v) is 8.09. The first-order valence-electron chi connectivity index (χ1n) is 13.9. The molecule has 1 amide bonds. The molecule has 218 valence electrons. The highest BCUT2D eigenvalue weighted by atomic mass is 35.5. The van der Waals surface area contributed by atoms with Gasteiger partial charge in [0.15, 0.2) is 5.82 Å². The maximum Gasteiger partial charge on any atom is 0.282 e. The Kier molecular flexibility index (Phi) is 8.28. The zero-order valence-corrected chi connectivity index (χ0v) is 24.3. The van der Waals surface area contributed by atoms with Crippen LogP contribution in [0.2, 0.25) is 0 Å². The van der Waals surface area contributed by atoms with Gasteiger partial charge in [-0.15, -0.1) is 22.6 Å². The number of amides is 1. The van der Waals surface area contributed by atoms with Crippen molar-refractivity contribution in [1.82, 2.24) is 30.4 Å². The minimum absolute atomic E-state index is 0. The minimum Gasteiger partial charge on any atom is -0.490 e. The Morgan fingerprint density at radius 3 is 2.78 bits per heavy atom. The van der Waals surface area contributed by atoms with Crippen molar-refractivity contribution in [2.45, 2.75) is 58.7 Å². The normalized spacial score (nSPS) is 17.2. The van der Waals surface area contributed by atoms with E-state index in [9.17, 15) is 9.18 Å². The standard InChI is InChI=1S/C29H34FN7O3.ClH/c1-4-37(18(2)3)28(38)22-11-19(30)5-6-24(22)40-27-26(33-17-34-35-27)36-15-29(16-36)12-20(13-29)39-25-8-10-32-23-14-31-9-7-21(23)25;/h5-6,8,10-11,17-18,20,31H,4,7,9,12-16H2,1-3H3;1H. The molecule has 1 aliphatic carbocycles. The Balaban J connectivity index is 0.00000337. The number of carbonyl (C=O) groups excluding carboxylic acids is 1. The van der Waals surface area contributed by atoms with Gasteiger partial charge in [-0.25, -0.2) is 9.37 Å². The first-order chi connectivity index (χ1) is 19.4. The Morgan fingerprint density at radius 1 is 1.22 bits per heavy atom. The van der Waals surface area contributed by atoms with Gasteiger partial charge in [-0.1, -0.05) is 0 Å². The lowest BCUT2D eigenvalue weighted by Gasteiger charge is -2.58. The van der Waals surface area contributed by atoms with Crippen LogP contribution in [0.4, 0.5) is 10.2 Å². The third kappa shape index (κ3) is 5.65. The van der Waals surface area contributed by atoms with Crippen molar-refractivity contribution < 1.29 is 18.7 Å². The zero-order valence-electron chi connectivity index (χ0n) is 23.5. The quantitative estimate of drug-likeness (QED) is 0.418. The molecule has 3 aromatic rings. The van der Waals surface area contributed by atoms with Gasteiger partial charge in [-0.3, -0.25) is 9.78 Å². The molecule has 2 aromatic heterocycles. The first kappa shape index (κ1) is 28.9. The van der Waals surface area contributed by atoms with E-state index in [1.165, 1.54) is 30.1 Å². The van der Waals surface area contributed by atoms with Gasteiger partial charge in [-0.05, 0) is 70.8 Å². The molecule has 4 heterocycles. The van der Waals surface area contributed by atoms with Crippen LogP contribution in [0.3, 0.4) is 0 Å². The van der Waals surface area contributed by atoms with E-state index >= 15 is 0 Å². The van der Waals surface area contributed by atoms with Crippen LogP contribution in [0.15, 0.2) is 36.8 Å². The van der Waals surface area contributed by atoms with Crippen molar-refractivity contribution >= 4 is 24.1 Å². The van der Waals surface area contributed by atoms with Crippen LogP contribution >= 0.6 is 12.4 Å². The average Bonchev–Trinajstić information content (AvgIpc) is 2.91. The number of fused-ring (bicyclic) bond motifs is 1. The molecule has 10 nitrogen and oxygen atoms in total. The molecular weight excluding hydrogens is 549 g/mol. The van der Waals surface area contributed by atoms with Crippen LogP contribution in [-0.4, -0.2) is 69.3 Å². The number of rotatable bonds is 8. The SMILES string of the molecule is CCN(C(=O)c1cc(F)ccc1Oc1nncnc1N1CC2(CC(Oc3ccnc4c3CCNC4)C2)C1)C(C)C.Cl. The number of nitrogens with one attached hydrogen (secondary N) is 1. The molecule has 0 atom stereocenters. The number of hydrogen-bond donors (Lipinski definition) is 1. The lowest BCUT2D eigenvalue weighted by molar-refractivity contribution is -0.0350. The van der Waals surface area contributed by atoms with Crippen molar-refractivity contribution in [3.8, 4) is 17.4 Å². The van der Waals surface area contributed by atoms with Crippen molar-refractivity contribution in [2.75, 3.05) is 31.1 Å². The summed E-state index contributed by atoms with van der Waals surface area (Å²) in [5.74, 6) is 1.11. The molecule has 2 fully saturated rings. The predicted molar refractivity (Wildman–Crippen MR) is 153 cm³/mol. The largest absolute Gasteiger partial charge is 0.490 e. The van der Waals surface area contributed by atoms with E-state index in [-0.39, 0.29) is 53.1 Å². The summed E-state index contributed by atoms with van der Waals surface area (Å²) < 4.78 is 26.7. The summed E-state index contributed by atoms with van der Waals surface area (Å²) in [7, 11) is 0. The Bertz CT molecular complexity index is 1410. The van der Waals surface area contributed by atoms with E-state index in [1.54, 1.807) is 4.90 Å². The molecule has 0 bridgehead atoms. The van der Waals surface area contributed by atoms with Crippen molar-refractivity contribution in [3.63, 3.8) is 0 Å². The molecule has 2 aliphatic heterocycles. The number of anilines is 1. The van der Waals surface area contributed by atoms with Gasteiger partial charge < -0.3 is 24.6 Å². The second-order valence-corrected chi connectivity index (χ2v) is 11.2. The molecule has 1 aromatic carbocycles. The molecule has 1 saturated heterocycles. The highest BCUT2D eigenvalue weighted by Crippen LogP contribution is 2.52. The topological polar surface area (TPSA) is 106 Å². The molecule has 1 N–H and O–H groups in total. The van der Waals surface area contributed by atoms with Crippen LogP contribution in [0.25, 0.3) is 0 Å². The highest BCUT2D eigenvalue weighted by molar-refractivity contribution is 5.97. The summed E-state index contributed by atoms with van der Waals surface area (Å²) in [4.78, 5) is 25.9. The monoisotopic (exact) mass is 583 g/mol. The van der Waals surface area contributed by atoms with Crippen molar-refractivity contribution in [3.05, 3.63) is 59.4 Å². The van der Waals surface area contributed by atoms with Crippen LogP contribution in [0.1, 0.15) is 55.2 Å². The summed E-state index contributed by atoms with van der Waals surface area (Å²) >= 11 is 0. The average molecular weight is 584 g/mol. The number of halogens is 2. The van der Waals surface area contributed by atoms with Gasteiger partial charge in [0.1, 0.15) is 29.7 Å². The number of hydrogen-bond acceptors (Lipinski definition) is 9. The molecule has 1 saturated carbocycles. The summed E-state index contributed by atoms with van der Waals surface area (Å²) in [6.07, 6.45) is 6.25. The minimum atomic E-state index is -0.511. The van der Waals surface area contributed by atoms with Gasteiger partial charge in [0.2, 0.25) is 0 Å². The molecule has 41 heavy (non-hydrogen) atoms. The lowest BCUT2D eigenvalue weighted by Crippen LogP contribution is -2.65. The Labute approximate surface area is 245 Å². The Hall–Kier alpha value is -3.57. The molecule has 12 heteroatoms. The molecule has 3 aliphatic rings. The molecular formula is C29H35ClFN7O3. The van der Waals surface area contributed by atoms with Gasteiger partial charge in [0.25, 0.3) is 11.8 Å². The van der Waals surface area contributed by atoms with Gasteiger partial charge in [-0.2, -0.15) is 0 Å². The third-order valence-electron chi connectivity index (χ3n) is 8.09. The number of nitrogens with zero attached hydrogens (tertiary/aromatic N) is 6. The smallest absolute Gasteiger partial charge is 0.282 e. The van der Waals surface area contributed by atoms with E-state index in [2.05, 4.69) is 30.4 Å². The van der Waals surface area contributed by atoms with Crippen LogP contribution in [-0.2, 0) is 13.0 Å². The van der Waals surface area contributed by atoms with E-state index in [0.29, 0.717) is 12.4 Å². The molecule has 1 spiro atoms. The van der Waals surface area contributed by atoms with Crippen LogP contribution in [0, 0.1) is 11.2 Å². The number of carbonyl (C=O) groups is 1. The fourth-order valence-electron chi connectivity index (χ4n) is 6.11. The van der Waals surface area contributed by atoms with Gasteiger partial charge >= 0.3 is 0 Å². The maximum absolute atomic E-state index is 14.2. The molecule has 6 rings (SSSR count). The van der Waals surface area contributed by atoms with Gasteiger partial charge in [0, 0.05) is 49.4 Å². The molecule has 0 unspecified atom stereocenters. The number of benzene rings is 1. The fourth-order valence-corrected chi connectivity index (χ4v) is 6.11. The number of pyridine rings is 1. The lowest BCUT2D eigenvalue weighted by atomic mass is 9.61. The highest BCUT2D eigenvalue weighted by Gasteiger charge is 2.54. The first-order valence-corrected chi connectivity index (χ1v) is 13.9. The summed E-state index contributed by atoms with van der Waals surface area (Å²) in [5.41, 5.74) is 2.60. The second kappa shape index (κ2) is 11.7. The predicted octanol–water partition coefficient (Wildman–Crippen LogP) is 4.18. The van der Waals surface area contributed by atoms with E-state index in [1.807, 2.05) is 33.0 Å². The second-order valence-electron chi connectivity index (χ2n) is 11.2. The summed E-state index contributed by atoms with van der Waals surface area (Å²) in [5, 5.41) is 11.4. The van der Waals surface area contributed by atoms with E-state index in [0.717, 1.165) is 56.9 Å². The summed E-state index contributed by atoms with van der Waals surface area (Å²) in [6, 6.07) is 5.86. The maximum atomic E-state index is 14.2. The van der Waals surface area contributed by atoms with Crippen molar-refractivity contribution in [2.24, 2.45) is 5.41 Å². The number of ether oxygens (including phenoxy) is 2. The number of aromatic nitrogens is 4. The zero-order chi connectivity index (χ0) is 27.9. The van der Waals surface area contributed by atoms with Crippen molar-refractivity contribution in [1.29, 1.82) is 0 Å². The summed E-state index contributed by atoms with van der Waals surface area (Å²) in [6.45, 7) is 9.55. The fraction of sp³-hybridized carbons (Fsp3) is 0.483. The van der Waals surface area contributed by atoms with Crippen LogP contribution in [0.5, 0.6) is 17.4 Å². The van der Waals surface area contributed by atoms with E-state index < -0.39 is 5.82 Å². The van der Waals surface area contributed by atoms with Crippen LogP contribution < -0.4 is 19.7 Å². The van der Waals surface area contributed by atoms with E-state index in [4.69, 9.17) is 9.47 Å². The molecule has 0 radical (unpaired) electrons.